The Labute approximate surface area is 130 Å². The number of benzene rings is 1. The first-order valence-corrected chi connectivity index (χ1v) is 7.33. The molecule has 0 aliphatic carbocycles. The Balaban J connectivity index is 2.28. The average Bonchev–Trinajstić information content (AvgIpc) is 2.56. The third-order valence-electron chi connectivity index (χ3n) is 3.04. The van der Waals surface area contributed by atoms with E-state index < -0.39 is 0 Å². The highest BCUT2D eigenvalue weighted by Gasteiger charge is 2.17. The zero-order valence-electron chi connectivity index (χ0n) is 10.6. The van der Waals surface area contributed by atoms with Crippen LogP contribution in [0.3, 0.4) is 0 Å². The summed E-state index contributed by atoms with van der Waals surface area (Å²) in [4.78, 5) is 0. The van der Waals surface area contributed by atoms with Gasteiger partial charge in [-0.1, -0.05) is 45.2 Å². The first kappa shape index (κ1) is 14.9. The summed E-state index contributed by atoms with van der Waals surface area (Å²) >= 11 is 15.7. The lowest BCUT2D eigenvalue weighted by Gasteiger charge is -2.14. The van der Waals surface area contributed by atoms with Crippen molar-refractivity contribution in [2.45, 2.75) is 19.4 Å². The second-order valence-corrected chi connectivity index (χ2v) is 6.11. The molecule has 1 atom stereocenters. The summed E-state index contributed by atoms with van der Waals surface area (Å²) in [5.74, 6) is 0. The first-order valence-electron chi connectivity index (χ1n) is 5.78. The van der Waals surface area contributed by atoms with Crippen LogP contribution < -0.4 is 5.73 Å². The smallest absolute Gasteiger partial charge is 0.0847 e. The van der Waals surface area contributed by atoms with E-state index in [2.05, 4.69) is 21.0 Å². The van der Waals surface area contributed by atoms with Gasteiger partial charge in [0.2, 0.25) is 0 Å². The molecule has 0 saturated carbocycles. The third kappa shape index (κ3) is 3.14. The molecule has 1 aromatic carbocycles. The fourth-order valence-electron chi connectivity index (χ4n) is 2.02. The molecule has 1 heterocycles. The maximum absolute atomic E-state index is 6.25. The molecule has 2 N–H and O–H groups in total. The summed E-state index contributed by atoms with van der Waals surface area (Å²) in [5, 5.41) is 5.65. The molecule has 0 aliphatic rings. The summed E-state index contributed by atoms with van der Waals surface area (Å²) in [6.45, 7) is 1.88. The second kappa shape index (κ2) is 5.83. The molecule has 0 radical (unpaired) electrons. The van der Waals surface area contributed by atoms with Crippen molar-refractivity contribution in [3.8, 4) is 0 Å². The van der Waals surface area contributed by atoms with Crippen molar-refractivity contribution in [1.29, 1.82) is 0 Å². The maximum Gasteiger partial charge on any atom is 0.0847 e. The SMILES string of the molecule is Cc1nn(C)c(CC(N)c2ccc(Cl)cc2Br)c1Cl. The summed E-state index contributed by atoms with van der Waals surface area (Å²) in [5.41, 5.74) is 9.01. The van der Waals surface area contributed by atoms with Crippen molar-refractivity contribution in [2.75, 3.05) is 0 Å². The molecule has 0 spiro atoms. The molecular weight excluding hydrogens is 349 g/mol. The number of hydrogen-bond donors (Lipinski definition) is 1. The van der Waals surface area contributed by atoms with E-state index in [1.807, 2.05) is 32.2 Å². The number of nitrogens with two attached hydrogens (primary N) is 1. The quantitative estimate of drug-likeness (QED) is 0.895. The lowest BCUT2D eigenvalue weighted by Crippen LogP contribution is -2.16. The van der Waals surface area contributed by atoms with Crippen molar-refractivity contribution in [1.82, 2.24) is 9.78 Å². The zero-order valence-corrected chi connectivity index (χ0v) is 13.7. The van der Waals surface area contributed by atoms with E-state index in [-0.39, 0.29) is 6.04 Å². The van der Waals surface area contributed by atoms with Gasteiger partial charge in [-0.15, -0.1) is 0 Å². The summed E-state index contributed by atoms with van der Waals surface area (Å²) < 4.78 is 2.68. The Morgan fingerprint density at radius 3 is 2.63 bits per heavy atom. The van der Waals surface area contributed by atoms with Gasteiger partial charge in [0, 0.05) is 29.0 Å². The summed E-state index contributed by atoms with van der Waals surface area (Å²) in [6, 6.07) is 5.43. The maximum atomic E-state index is 6.25. The van der Waals surface area contributed by atoms with Crippen LogP contribution in [0.5, 0.6) is 0 Å². The standard InChI is InChI=1S/C13H14BrCl2N3/c1-7-13(16)12(19(2)18-7)6-11(17)9-4-3-8(15)5-10(9)14/h3-5,11H,6,17H2,1-2H3. The molecule has 1 aromatic heterocycles. The summed E-state index contributed by atoms with van der Waals surface area (Å²) in [6.07, 6.45) is 0.621. The number of nitrogens with zero attached hydrogens (tertiary/aromatic N) is 2. The second-order valence-electron chi connectivity index (χ2n) is 4.45. The van der Waals surface area contributed by atoms with Gasteiger partial charge in [-0.2, -0.15) is 5.10 Å². The fraction of sp³-hybridized carbons (Fsp3) is 0.308. The number of hydrogen-bond acceptors (Lipinski definition) is 2. The van der Waals surface area contributed by atoms with Gasteiger partial charge in [-0.05, 0) is 24.6 Å². The number of aromatic nitrogens is 2. The van der Waals surface area contributed by atoms with Crippen molar-refractivity contribution < 1.29 is 0 Å². The van der Waals surface area contributed by atoms with Crippen molar-refractivity contribution in [2.24, 2.45) is 12.8 Å². The molecule has 0 saturated heterocycles. The van der Waals surface area contributed by atoms with Crippen LogP contribution >= 0.6 is 39.1 Å². The Morgan fingerprint density at radius 2 is 2.11 bits per heavy atom. The van der Waals surface area contributed by atoms with E-state index >= 15 is 0 Å². The van der Waals surface area contributed by atoms with Crippen LogP contribution in [0.1, 0.15) is 23.0 Å². The van der Waals surface area contributed by atoms with Gasteiger partial charge in [-0.3, -0.25) is 4.68 Å². The van der Waals surface area contributed by atoms with Crippen LogP contribution in [-0.2, 0) is 13.5 Å². The lowest BCUT2D eigenvalue weighted by atomic mass is 10.0. The van der Waals surface area contributed by atoms with Crippen LogP contribution in [0.2, 0.25) is 10.0 Å². The minimum Gasteiger partial charge on any atom is -0.324 e. The van der Waals surface area contributed by atoms with Crippen LogP contribution in [-0.4, -0.2) is 9.78 Å². The van der Waals surface area contributed by atoms with Gasteiger partial charge in [0.25, 0.3) is 0 Å². The topological polar surface area (TPSA) is 43.8 Å². The molecule has 19 heavy (non-hydrogen) atoms. The van der Waals surface area contributed by atoms with Gasteiger partial charge in [0.1, 0.15) is 0 Å². The predicted octanol–water partition coefficient (Wildman–Crippen LogP) is 4.04. The van der Waals surface area contributed by atoms with E-state index in [1.165, 1.54) is 0 Å². The number of aryl methyl sites for hydroxylation is 2. The zero-order chi connectivity index (χ0) is 14.2. The lowest BCUT2D eigenvalue weighted by molar-refractivity contribution is 0.638. The van der Waals surface area contributed by atoms with Gasteiger partial charge in [0.05, 0.1) is 16.4 Å². The highest BCUT2D eigenvalue weighted by Crippen LogP contribution is 2.29. The van der Waals surface area contributed by atoms with Crippen LogP contribution in [0.15, 0.2) is 22.7 Å². The predicted molar refractivity (Wildman–Crippen MR) is 82.7 cm³/mol. The highest BCUT2D eigenvalue weighted by atomic mass is 79.9. The van der Waals surface area contributed by atoms with Crippen LogP contribution in [0.25, 0.3) is 0 Å². The van der Waals surface area contributed by atoms with E-state index in [0.29, 0.717) is 16.5 Å². The van der Waals surface area contributed by atoms with Gasteiger partial charge in [0.15, 0.2) is 0 Å². The summed E-state index contributed by atoms with van der Waals surface area (Å²) in [7, 11) is 1.87. The van der Waals surface area contributed by atoms with E-state index in [0.717, 1.165) is 21.4 Å². The molecule has 0 bridgehead atoms. The monoisotopic (exact) mass is 361 g/mol. The Morgan fingerprint density at radius 1 is 1.42 bits per heavy atom. The normalized spacial score (nSPS) is 12.7. The molecule has 2 aromatic rings. The molecular formula is C13H14BrCl2N3. The highest BCUT2D eigenvalue weighted by molar-refractivity contribution is 9.10. The molecule has 0 fully saturated rings. The van der Waals surface area contributed by atoms with E-state index in [4.69, 9.17) is 28.9 Å². The van der Waals surface area contributed by atoms with Crippen molar-refractivity contribution in [3.05, 3.63) is 49.7 Å². The van der Waals surface area contributed by atoms with Crippen molar-refractivity contribution >= 4 is 39.1 Å². The van der Waals surface area contributed by atoms with Gasteiger partial charge < -0.3 is 5.73 Å². The van der Waals surface area contributed by atoms with Crippen LogP contribution in [0.4, 0.5) is 0 Å². The molecule has 1 unspecified atom stereocenters. The molecule has 6 heteroatoms. The molecule has 2 rings (SSSR count). The number of rotatable bonds is 3. The average molecular weight is 363 g/mol. The Hall–Kier alpha value is -0.550. The van der Waals surface area contributed by atoms with E-state index in [1.54, 1.807) is 4.68 Å². The van der Waals surface area contributed by atoms with Gasteiger partial charge in [-0.25, -0.2) is 0 Å². The molecule has 0 amide bonds. The first-order chi connectivity index (χ1) is 8.90. The minimum absolute atomic E-state index is 0.168. The Bertz CT molecular complexity index is 610. The fourth-order valence-corrected chi connectivity index (χ4v) is 3.24. The van der Waals surface area contributed by atoms with Crippen LogP contribution in [0, 0.1) is 6.92 Å². The number of halogens is 3. The van der Waals surface area contributed by atoms with Gasteiger partial charge >= 0.3 is 0 Å². The third-order valence-corrected chi connectivity index (χ3v) is 4.45. The van der Waals surface area contributed by atoms with Crippen molar-refractivity contribution in [3.63, 3.8) is 0 Å². The largest absolute Gasteiger partial charge is 0.324 e. The van der Waals surface area contributed by atoms with E-state index in [9.17, 15) is 0 Å². The molecule has 3 nitrogen and oxygen atoms in total. The molecule has 0 aliphatic heterocycles. The minimum atomic E-state index is -0.168. The molecule has 102 valence electrons. The Kier molecular flexibility index (Phi) is 4.56.